The Morgan fingerprint density at radius 3 is 2.42 bits per heavy atom. The number of imidazole rings is 2. The van der Waals surface area contributed by atoms with E-state index in [2.05, 4.69) is 4.98 Å². The number of nitrogens with zero attached hydrogens (tertiary/aromatic N) is 5. The monoisotopic (exact) mass is 417 g/mol. The van der Waals surface area contributed by atoms with Gasteiger partial charge in [0.1, 0.15) is 5.82 Å². The van der Waals surface area contributed by atoms with Gasteiger partial charge >= 0.3 is 5.69 Å². The molecule has 0 spiro atoms. The van der Waals surface area contributed by atoms with E-state index in [4.69, 9.17) is 0 Å². The minimum atomic E-state index is -0.403. The maximum atomic E-state index is 13.4. The van der Waals surface area contributed by atoms with Crippen molar-refractivity contribution in [3.63, 3.8) is 0 Å². The number of fused-ring (bicyclic) bond motifs is 3. The average molecular weight is 417 g/mol. The predicted octanol–water partition coefficient (Wildman–Crippen LogP) is 2.83. The SMILES string of the molecule is Cc1cn2c3c(=O)n(CCc4ccccc4)c(=O)n(C)c3nc2n1-c1ccc(F)cc1. The van der Waals surface area contributed by atoms with Gasteiger partial charge in [-0.3, -0.25) is 22.9 Å². The van der Waals surface area contributed by atoms with Crippen LogP contribution in [0.2, 0.25) is 0 Å². The second kappa shape index (κ2) is 7.09. The van der Waals surface area contributed by atoms with Crippen LogP contribution < -0.4 is 11.2 Å². The summed E-state index contributed by atoms with van der Waals surface area (Å²) in [5.41, 5.74) is 2.48. The average Bonchev–Trinajstić information content (AvgIpc) is 3.28. The molecule has 5 rings (SSSR count). The summed E-state index contributed by atoms with van der Waals surface area (Å²) in [4.78, 5) is 30.8. The maximum Gasteiger partial charge on any atom is 0.332 e. The van der Waals surface area contributed by atoms with E-state index in [0.29, 0.717) is 23.4 Å². The van der Waals surface area contributed by atoms with E-state index in [1.807, 2.05) is 41.8 Å². The van der Waals surface area contributed by atoms with Gasteiger partial charge in [-0.1, -0.05) is 30.3 Å². The molecule has 0 saturated carbocycles. The molecule has 156 valence electrons. The Morgan fingerprint density at radius 2 is 1.71 bits per heavy atom. The highest BCUT2D eigenvalue weighted by molar-refractivity contribution is 5.76. The zero-order valence-electron chi connectivity index (χ0n) is 17.1. The van der Waals surface area contributed by atoms with Crippen molar-refractivity contribution in [2.24, 2.45) is 7.05 Å². The largest absolute Gasteiger partial charge is 0.332 e. The third kappa shape index (κ3) is 2.99. The number of aryl methyl sites for hydroxylation is 3. The molecule has 8 heteroatoms. The van der Waals surface area contributed by atoms with Gasteiger partial charge in [0.15, 0.2) is 11.2 Å². The van der Waals surface area contributed by atoms with Crippen molar-refractivity contribution in [2.75, 3.05) is 0 Å². The summed E-state index contributed by atoms with van der Waals surface area (Å²) < 4.78 is 19.6. The third-order valence-corrected chi connectivity index (χ3v) is 5.58. The molecule has 0 aliphatic carbocycles. The normalized spacial score (nSPS) is 11.6. The first-order valence-electron chi connectivity index (χ1n) is 9.95. The van der Waals surface area contributed by atoms with Gasteiger partial charge in [-0.2, -0.15) is 4.98 Å². The zero-order chi connectivity index (χ0) is 21.7. The smallest absolute Gasteiger partial charge is 0.283 e. The molecule has 0 atom stereocenters. The molecular weight excluding hydrogens is 397 g/mol. The summed E-state index contributed by atoms with van der Waals surface area (Å²) in [6, 6.07) is 15.8. The molecule has 31 heavy (non-hydrogen) atoms. The molecule has 0 amide bonds. The summed E-state index contributed by atoms with van der Waals surface area (Å²) in [5, 5.41) is 0. The second-order valence-electron chi connectivity index (χ2n) is 7.57. The standard InChI is InChI=1S/C23H20FN5O2/c1-15-14-28-19-20(25-22(28)29(15)18-10-8-17(24)9-11-18)26(2)23(31)27(21(19)30)13-12-16-6-4-3-5-7-16/h3-11,14H,12-13H2,1-2H3. The number of halogens is 1. The van der Waals surface area contributed by atoms with Gasteiger partial charge in [-0.15, -0.1) is 0 Å². The minimum absolute atomic E-state index is 0.274. The molecule has 3 heterocycles. The van der Waals surface area contributed by atoms with E-state index in [9.17, 15) is 14.0 Å². The van der Waals surface area contributed by atoms with Crippen molar-refractivity contribution >= 4 is 16.9 Å². The lowest BCUT2D eigenvalue weighted by Crippen LogP contribution is -2.39. The van der Waals surface area contributed by atoms with Gasteiger partial charge in [-0.25, -0.2) is 9.18 Å². The molecule has 0 fully saturated rings. The quantitative estimate of drug-likeness (QED) is 0.452. The van der Waals surface area contributed by atoms with E-state index in [-0.39, 0.29) is 17.9 Å². The predicted molar refractivity (Wildman–Crippen MR) is 116 cm³/mol. The Labute approximate surface area is 176 Å². The van der Waals surface area contributed by atoms with Crippen LogP contribution >= 0.6 is 0 Å². The van der Waals surface area contributed by atoms with Gasteiger partial charge in [0.05, 0.1) is 0 Å². The van der Waals surface area contributed by atoms with Crippen LogP contribution in [0.25, 0.3) is 22.6 Å². The Kier molecular flexibility index (Phi) is 4.35. The molecule has 0 aliphatic heterocycles. The first kappa shape index (κ1) is 19.0. The lowest BCUT2D eigenvalue weighted by Gasteiger charge is -2.08. The van der Waals surface area contributed by atoms with Crippen molar-refractivity contribution in [1.82, 2.24) is 23.1 Å². The van der Waals surface area contributed by atoms with Crippen LogP contribution in [0.5, 0.6) is 0 Å². The molecule has 0 saturated heterocycles. The van der Waals surface area contributed by atoms with Crippen molar-refractivity contribution in [1.29, 1.82) is 0 Å². The lowest BCUT2D eigenvalue weighted by molar-refractivity contribution is 0.602. The molecule has 2 aromatic carbocycles. The van der Waals surface area contributed by atoms with Crippen LogP contribution in [0.15, 0.2) is 70.4 Å². The fourth-order valence-electron chi connectivity index (χ4n) is 4.00. The highest BCUT2D eigenvalue weighted by Crippen LogP contribution is 2.21. The van der Waals surface area contributed by atoms with Crippen LogP contribution in [0, 0.1) is 12.7 Å². The van der Waals surface area contributed by atoms with E-state index >= 15 is 0 Å². The van der Waals surface area contributed by atoms with Gasteiger partial charge in [0.25, 0.3) is 5.56 Å². The summed E-state index contributed by atoms with van der Waals surface area (Å²) in [5.74, 6) is 0.161. The van der Waals surface area contributed by atoms with Crippen molar-refractivity contribution in [3.8, 4) is 5.69 Å². The van der Waals surface area contributed by atoms with Crippen LogP contribution in [-0.4, -0.2) is 23.1 Å². The molecule has 0 aliphatic rings. The molecule has 5 aromatic rings. The number of aromatic nitrogens is 5. The van der Waals surface area contributed by atoms with Crippen molar-refractivity contribution < 1.29 is 4.39 Å². The Balaban J connectivity index is 1.71. The topological polar surface area (TPSA) is 66.2 Å². The van der Waals surface area contributed by atoms with E-state index in [1.54, 1.807) is 29.8 Å². The van der Waals surface area contributed by atoms with Crippen LogP contribution in [0.1, 0.15) is 11.3 Å². The molecule has 0 bridgehead atoms. The molecule has 0 radical (unpaired) electrons. The molecule has 7 nitrogen and oxygen atoms in total. The Hall–Kier alpha value is -3.94. The summed E-state index contributed by atoms with van der Waals surface area (Å²) in [7, 11) is 1.62. The summed E-state index contributed by atoms with van der Waals surface area (Å²) >= 11 is 0. The molecule has 3 aromatic heterocycles. The number of rotatable bonds is 4. The first-order chi connectivity index (χ1) is 15.0. The highest BCUT2D eigenvalue weighted by atomic mass is 19.1. The fourth-order valence-corrected chi connectivity index (χ4v) is 4.00. The van der Waals surface area contributed by atoms with Gasteiger partial charge < -0.3 is 0 Å². The van der Waals surface area contributed by atoms with Crippen molar-refractivity contribution in [2.45, 2.75) is 19.9 Å². The Bertz CT molecular complexity index is 1540. The summed E-state index contributed by atoms with van der Waals surface area (Å²) in [6.07, 6.45) is 2.38. The van der Waals surface area contributed by atoms with Gasteiger partial charge in [-0.05, 0) is 43.2 Å². The van der Waals surface area contributed by atoms with Gasteiger partial charge in [0.2, 0.25) is 5.78 Å². The number of benzene rings is 2. The zero-order valence-corrected chi connectivity index (χ0v) is 17.1. The maximum absolute atomic E-state index is 13.4. The minimum Gasteiger partial charge on any atom is -0.283 e. The van der Waals surface area contributed by atoms with Crippen LogP contribution in [0.4, 0.5) is 4.39 Å². The number of hydrogen-bond acceptors (Lipinski definition) is 3. The highest BCUT2D eigenvalue weighted by Gasteiger charge is 2.20. The second-order valence-corrected chi connectivity index (χ2v) is 7.57. The van der Waals surface area contributed by atoms with E-state index < -0.39 is 5.69 Å². The molecule has 0 unspecified atom stereocenters. The molecular formula is C23H20FN5O2. The van der Waals surface area contributed by atoms with Gasteiger partial charge in [0, 0.05) is 31.2 Å². The van der Waals surface area contributed by atoms with E-state index in [1.165, 1.54) is 21.3 Å². The first-order valence-corrected chi connectivity index (χ1v) is 9.95. The third-order valence-electron chi connectivity index (χ3n) is 5.58. The lowest BCUT2D eigenvalue weighted by atomic mass is 10.1. The molecule has 0 N–H and O–H groups in total. The number of hydrogen-bond donors (Lipinski definition) is 0. The van der Waals surface area contributed by atoms with E-state index in [0.717, 1.165) is 16.9 Å². The fraction of sp³-hybridized carbons (Fsp3) is 0.174. The Morgan fingerprint density at radius 1 is 1.00 bits per heavy atom. The van der Waals surface area contributed by atoms with Crippen LogP contribution in [-0.2, 0) is 20.0 Å². The van der Waals surface area contributed by atoms with Crippen molar-refractivity contribution in [3.05, 3.63) is 98.7 Å². The van der Waals surface area contributed by atoms with Crippen LogP contribution in [0.3, 0.4) is 0 Å². The summed E-state index contributed by atoms with van der Waals surface area (Å²) in [6.45, 7) is 2.16.